The number of hydrogen-bond acceptors (Lipinski definition) is 6. The quantitative estimate of drug-likeness (QED) is 0.212. The molecule has 1 saturated carbocycles. The van der Waals surface area contributed by atoms with E-state index in [2.05, 4.69) is 22.5 Å². The molecule has 9 nitrogen and oxygen atoms in total. The number of unbranched alkanes of at least 4 members (excludes halogenated alkanes) is 6. The number of carbonyl (C=O) groups excluding carboxylic acids is 3. The van der Waals surface area contributed by atoms with Gasteiger partial charge in [-0.1, -0.05) is 58.3 Å². The van der Waals surface area contributed by atoms with Gasteiger partial charge in [-0.25, -0.2) is 0 Å². The van der Waals surface area contributed by atoms with Crippen molar-refractivity contribution < 1.29 is 24.2 Å². The van der Waals surface area contributed by atoms with Gasteiger partial charge >= 0.3 is 0 Å². The van der Waals surface area contributed by atoms with Crippen LogP contribution in [0.25, 0.3) is 0 Å². The smallest absolute Gasteiger partial charge is 0.251 e. The van der Waals surface area contributed by atoms with E-state index < -0.39 is 17.2 Å². The number of nitrogens with zero attached hydrogens (tertiary/aromatic N) is 2. The van der Waals surface area contributed by atoms with Crippen LogP contribution in [0.2, 0.25) is 0 Å². The van der Waals surface area contributed by atoms with Crippen LogP contribution in [0, 0.1) is 0 Å². The van der Waals surface area contributed by atoms with Gasteiger partial charge < -0.3 is 30.3 Å². The molecule has 2 aliphatic heterocycles. The fraction of sp³-hybridized carbons (Fsp3) is 0.743. The van der Waals surface area contributed by atoms with E-state index in [0.29, 0.717) is 50.8 Å². The van der Waals surface area contributed by atoms with Crippen LogP contribution in [0.5, 0.6) is 5.75 Å². The topological polar surface area (TPSA) is 111 Å². The second kappa shape index (κ2) is 18.1. The van der Waals surface area contributed by atoms with Crippen molar-refractivity contribution in [3.8, 4) is 5.75 Å². The van der Waals surface area contributed by atoms with Crippen LogP contribution in [-0.2, 0) is 9.59 Å². The largest absolute Gasteiger partial charge is 0.494 e. The number of aliphatic hydroxyl groups is 1. The van der Waals surface area contributed by atoms with Crippen molar-refractivity contribution in [2.24, 2.45) is 0 Å². The van der Waals surface area contributed by atoms with Gasteiger partial charge in [0.2, 0.25) is 11.8 Å². The van der Waals surface area contributed by atoms with Crippen molar-refractivity contribution in [2.45, 2.75) is 127 Å². The molecular weight excluding hydrogens is 592 g/mol. The molecule has 254 valence electrons. The van der Waals surface area contributed by atoms with Gasteiger partial charge in [0, 0.05) is 38.7 Å². The molecule has 2 saturated heterocycles. The first-order valence-electron chi connectivity index (χ1n) is 17.3. The molecule has 4 rings (SSSR count). The van der Waals surface area contributed by atoms with Crippen molar-refractivity contribution in [1.29, 1.82) is 0 Å². The Bertz CT molecular complexity index is 1070. The number of nitrogens with one attached hydrogen (secondary N) is 2. The fourth-order valence-corrected chi connectivity index (χ4v) is 7.27. The highest BCUT2D eigenvalue weighted by molar-refractivity contribution is 6.00. The molecule has 1 spiro atoms. The average molecular weight is 649 g/mol. The van der Waals surface area contributed by atoms with Crippen molar-refractivity contribution in [2.75, 3.05) is 39.8 Å². The maximum atomic E-state index is 13.8. The lowest BCUT2D eigenvalue weighted by Gasteiger charge is -2.52. The van der Waals surface area contributed by atoms with E-state index in [-0.39, 0.29) is 30.1 Å². The number of halogens is 1. The Labute approximate surface area is 276 Å². The predicted molar refractivity (Wildman–Crippen MR) is 180 cm³/mol. The lowest BCUT2D eigenvalue weighted by Crippen LogP contribution is -2.73. The molecule has 2 heterocycles. The van der Waals surface area contributed by atoms with E-state index in [9.17, 15) is 19.5 Å². The summed E-state index contributed by atoms with van der Waals surface area (Å²) in [6, 6.07) is 6.63. The molecule has 0 aromatic heterocycles. The highest BCUT2D eigenvalue weighted by Crippen LogP contribution is 2.37. The molecule has 1 aromatic carbocycles. The van der Waals surface area contributed by atoms with Gasteiger partial charge in [0.05, 0.1) is 12.2 Å². The molecule has 0 unspecified atom stereocenters. The van der Waals surface area contributed by atoms with Crippen LogP contribution < -0.4 is 15.4 Å². The number of rotatable bonds is 16. The summed E-state index contributed by atoms with van der Waals surface area (Å²) in [6.45, 7) is 6.12. The first-order chi connectivity index (χ1) is 21.3. The van der Waals surface area contributed by atoms with Gasteiger partial charge in [0.25, 0.3) is 5.91 Å². The minimum Gasteiger partial charge on any atom is -0.494 e. The third-order valence-electron chi connectivity index (χ3n) is 10.1. The summed E-state index contributed by atoms with van der Waals surface area (Å²) in [4.78, 5) is 43.4. The zero-order chi connectivity index (χ0) is 31.4. The number of hydrogen-bond donors (Lipinski definition) is 3. The number of ether oxygens (including phenoxy) is 1. The molecule has 0 bridgehead atoms. The van der Waals surface area contributed by atoms with Gasteiger partial charge in [0.1, 0.15) is 17.3 Å². The Balaban J connectivity index is 0.00000552. The SMILES string of the molecule is CCCCN1C(=O)[C@@H](CC2(O)CCCCC2)NC(=O)C12CCN(CCCCCCCCOc1ccc(C(=O)NC)cc1)CC2.Cl. The third kappa shape index (κ3) is 10.1. The lowest BCUT2D eigenvalue weighted by molar-refractivity contribution is -0.163. The van der Waals surface area contributed by atoms with Gasteiger partial charge in [0.15, 0.2) is 0 Å². The first kappa shape index (κ1) is 37.1. The molecule has 3 fully saturated rings. The molecule has 1 aromatic rings. The van der Waals surface area contributed by atoms with Crippen molar-refractivity contribution >= 4 is 30.1 Å². The second-order valence-electron chi connectivity index (χ2n) is 13.3. The molecule has 3 amide bonds. The van der Waals surface area contributed by atoms with Crippen LogP contribution in [-0.4, -0.2) is 89.6 Å². The van der Waals surface area contributed by atoms with E-state index in [1.165, 1.54) is 19.3 Å². The molecule has 3 aliphatic rings. The zero-order valence-electron chi connectivity index (χ0n) is 27.6. The number of benzene rings is 1. The summed E-state index contributed by atoms with van der Waals surface area (Å²) in [6.07, 6.45) is 15.0. The van der Waals surface area contributed by atoms with Gasteiger partial charge in [-0.05, 0) is 75.8 Å². The Morgan fingerprint density at radius 1 is 0.933 bits per heavy atom. The van der Waals surface area contributed by atoms with E-state index in [0.717, 1.165) is 76.8 Å². The third-order valence-corrected chi connectivity index (χ3v) is 10.1. The lowest BCUT2D eigenvalue weighted by atomic mass is 9.77. The maximum absolute atomic E-state index is 13.8. The number of likely N-dealkylation sites (tertiary alicyclic amines) is 1. The second-order valence-corrected chi connectivity index (χ2v) is 13.3. The van der Waals surface area contributed by atoms with Crippen LogP contribution >= 0.6 is 12.4 Å². The summed E-state index contributed by atoms with van der Waals surface area (Å²) >= 11 is 0. The molecule has 1 aliphatic carbocycles. The Kier molecular flexibility index (Phi) is 14.9. The number of carbonyl (C=O) groups is 3. The molecule has 1 atom stereocenters. The number of amides is 3. The van der Waals surface area contributed by atoms with Crippen LogP contribution in [0.3, 0.4) is 0 Å². The summed E-state index contributed by atoms with van der Waals surface area (Å²) in [5, 5.41) is 16.8. The van der Waals surface area contributed by atoms with Gasteiger partial charge in [-0.2, -0.15) is 0 Å². The number of piperidine rings is 1. The Morgan fingerprint density at radius 2 is 1.58 bits per heavy atom. The normalized spacial score (nSPS) is 21.2. The number of piperazine rings is 1. The Hall–Kier alpha value is -2.36. The van der Waals surface area contributed by atoms with Crippen LogP contribution in [0.1, 0.15) is 120 Å². The minimum absolute atomic E-state index is 0. The van der Waals surface area contributed by atoms with E-state index >= 15 is 0 Å². The minimum atomic E-state index is -0.841. The van der Waals surface area contributed by atoms with Crippen LogP contribution in [0.4, 0.5) is 0 Å². The van der Waals surface area contributed by atoms with Gasteiger partial charge in [-0.3, -0.25) is 14.4 Å². The highest BCUT2D eigenvalue weighted by atomic mass is 35.5. The van der Waals surface area contributed by atoms with E-state index in [1.54, 1.807) is 19.2 Å². The molecule has 45 heavy (non-hydrogen) atoms. The summed E-state index contributed by atoms with van der Waals surface area (Å²) in [5.74, 6) is 0.696. The summed E-state index contributed by atoms with van der Waals surface area (Å²) in [7, 11) is 1.62. The molecular formula is C35H57ClN4O5. The average Bonchev–Trinajstić information content (AvgIpc) is 3.03. The standard InChI is InChI=1S/C35H56N4O5.ClH/c1-3-4-23-39-32(41)30(27-34(43)18-10-9-11-19-34)37-33(42)35(39)20-24-38(25-21-35)22-12-7-5-6-8-13-26-44-29-16-14-28(15-17-29)31(40)36-2;/h14-17,30,43H,3-13,18-27H2,1-2H3,(H,36,40)(H,37,42);1H/t30-;/m1./s1. The highest BCUT2D eigenvalue weighted by Gasteiger charge is 2.54. The summed E-state index contributed by atoms with van der Waals surface area (Å²) in [5.41, 5.74) is -0.957. The van der Waals surface area contributed by atoms with Crippen molar-refractivity contribution in [1.82, 2.24) is 20.4 Å². The molecule has 0 radical (unpaired) electrons. The van der Waals surface area contributed by atoms with Gasteiger partial charge in [-0.15, -0.1) is 12.4 Å². The summed E-state index contributed by atoms with van der Waals surface area (Å²) < 4.78 is 5.81. The van der Waals surface area contributed by atoms with Crippen LogP contribution in [0.15, 0.2) is 24.3 Å². The van der Waals surface area contributed by atoms with E-state index in [1.807, 2.05) is 17.0 Å². The Morgan fingerprint density at radius 3 is 2.22 bits per heavy atom. The molecule has 3 N–H and O–H groups in total. The van der Waals surface area contributed by atoms with Crippen molar-refractivity contribution in [3.63, 3.8) is 0 Å². The monoisotopic (exact) mass is 648 g/mol. The molecule has 10 heteroatoms. The fourth-order valence-electron chi connectivity index (χ4n) is 7.27. The van der Waals surface area contributed by atoms with Crippen molar-refractivity contribution in [3.05, 3.63) is 29.8 Å². The maximum Gasteiger partial charge on any atom is 0.251 e. The predicted octanol–water partition coefficient (Wildman–Crippen LogP) is 5.23. The first-order valence-corrected chi connectivity index (χ1v) is 17.3. The van der Waals surface area contributed by atoms with E-state index in [4.69, 9.17) is 4.74 Å². The zero-order valence-corrected chi connectivity index (χ0v) is 28.4.